The SMILES string of the molecule is CCc1ccccc1NC1CN(C)C(=O)N1c1nc2ccccc2s1. The van der Waals surface area contributed by atoms with E-state index in [-0.39, 0.29) is 12.2 Å². The van der Waals surface area contributed by atoms with Gasteiger partial charge in [-0.05, 0) is 30.2 Å². The van der Waals surface area contributed by atoms with Crippen molar-refractivity contribution in [3.63, 3.8) is 0 Å². The highest BCUT2D eigenvalue weighted by atomic mass is 32.1. The topological polar surface area (TPSA) is 48.5 Å². The first kappa shape index (κ1) is 15.9. The van der Waals surface area contributed by atoms with Crippen LogP contribution in [0.25, 0.3) is 10.2 Å². The van der Waals surface area contributed by atoms with Crippen molar-refractivity contribution in [2.24, 2.45) is 0 Å². The number of carbonyl (C=O) groups excluding carboxylic acids is 1. The average molecular weight is 352 g/mol. The third-order valence-corrected chi connectivity index (χ3v) is 5.54. The Bertz CT molecular complexity index is 889. The molecular weight excluding hydrogens is 332 g/mol. The van der Waals surface area contributed by atoms with Crippen LogP contribution in [0.4, 0.5) is 15.6 Å². The Morgan fingerprint density at radius 1 is 1.20 bits per heavy atom. The van der Waals surface area contributed by atoms with Gasteiger partial charge in [-0.1, -0.05) is 48.6 Å². The van der Waals surface area contributed by atoms with Crippen LogP contribution in [0.2, 0.25) is 0 Å². The van der Waals surface area contributed by atoms with Crippen molar-refractivity contribution in [2.75, 3.05) is 23.8 Å². The zero-order valence-electron chi connectivity index (χ0n) is 14.3. The van der Waals surface area contributed by atoms with Crippen LogP contribution in [0.1, 0.15) is 12.5 Å². The summed E-state index contributed by atoms with van der Waals surface area (Å²) in [6.45, 7) is 2.75. The number of benzene rings is 2. The molecule has 0 bridgehead atoms. The Morgan fingerprint density at radius 2 is 1.96 bits per heavy atom. The van der Waals surface area contributed by atoms with E-state index in [1.54, 1.807) is 21.1 Å². The molecule has 0 spiro atoms. The number of thiazole rings is 1. The molecule has 25 heavy (non-hydrogen) atoms. The van der Waals surface area contributed by atoms with Gasteiger partial charge in [0.2, 0.25) is 0 Å². The molecule has 1 aliphatic rings. The van der Waals surface area contributed by atoms with Crippen molar-refractivity contribution < 1.29 is 4.79 Å². The van der Waals surface area contributed by atoms with Gasteiger partial charge < -0.3 is 10.2 Å². The van der Waals surface area contributed by atoms with Crippen molar-refractivity contribution in [3.05, 3.63) is 54.1 Å². The van der Waals surface area contributed by atoms with Crippen LogP contribution in [-0.2, 0) is 6.42 Å². The molecule has 1 aromatic heterocycles. The van der Waals surface area contributed by atoms with Crippen LogP contribution in [0.3, 0.4) is 0 Å². The molecule has 1 unspecified atom stereocenters. The van der Waals surface area contributed by atoms with E-state index in [0.717, 1.165) is 27.5 Å². The van der Waals surface area contributed by atoms with E-state index >= 15 is 0 Å². The van der Waals surface area contributed by atoms with Crippen LogP contribution < -0.4 is 10.2 Å². The summed E-state index contributed by atoms with van der Waals surface area (Å²) in [6, 6.07) is 16.2. The summed E-state index contributed by atoms with van der Waals surface area (Å²) < 4.78 is 1.09. The van der Waals surface area contributed by atoms with E-state index in [9.17, 15) is 4.79 Å². The zero-order valence-corrected chi connectivity index (χ0v) is 15.1. The summed E-state index contributed by atoms with van der Waals surface area (Å²) >= 11 is 1.55. The molecule has 2 amide bonds. The molecule has 1 fully saturated rings. The lowest BCUT2D eigenvalue weighted by atomic mass is 10.1. The molecule has 2 aromatic carbocycles. The molecule has 1 atom stereocenters. The monoisotopic (exact) mass is 352 g/mol. The second-order valence-electron chi connectivity index (χ2n) is 6.17. The minimum Gasteiger partial charge on any atom is -0.363 e. The van der Waals surface area contributed by atoms with E-state index in [4.69, 9.17) is 0 Å². The van der Waals surface area contributed by atoms with E-state index in [1.807, 2.05) is 43.4 Å². The number of para-hydroxylation sites is 2. The Morgan fingerprint density at radius 3 is 2.76 bits per heavy atom. The van der Waals surface area contributed by atoms with Crippen molar-refractivity contribution in [2.45, 2.75) is 19.5 Å². The van der Waals surface area contributed by atoms with Gasteiger partial charge >= 0.3 is 6.03 Å². The number of hydrogen-bond donors (Lipinski definition) is 1. The lowest BCUT2D eigenvalue weighted by Crippen LogP contribution is -2.39. The highest BCUT2D eigenvalue weighted by molar-refractivity contribution is 7.22. The Hall–Kier alpha value is -2.60. The molecule has 0 saturated carbocycles. The fraction of sp³-hybridized carbons (Fsp3) is 0.263. The lowest BCUT2D eigenvalue weighted by Gasteiger charge is -2.23. The number of nitrogens with one attached hydrogen (secondary N) is 1. The number of aryl methyl sites for hydroxylation is 1. The summed E-state index contributed by atoms with van der Waals surface area (Å²) in [5.41, 5.74) is 3.25. The largest absolute Gasteiger partial charge is 0.363 e. The first-order valence-corrected chi connectivity index (χ1v) is 9.23. The number of aromatic nitrogens is 1. The number of amides is 2. The number of anilines is 2. The molecule has 128 valence electrons. The standard InChI is InChI=1S/C19H20N4OS/c1-3-13-8-4-5-9-14(13)20-17-12-22(2)19(24)23(17)18-21-15-10-6-7-11-16(15)25-18/h4-11,17,20H,3,12H2,1-2H3. The Labute approximate surface area is 150 Å². The Kier molecular flexibility index (Phi) is 4.05. The van der Waals surface area contributed by atoms with Crippen molar-refractivity contribution >= 4 is 38.4 Å². The van der Waals surface area contributed by atoms with Crippen LogP contribution in [0, 0.1) is 0 Å². The molecule has 0 aliphatic carbocycles. The van der Waals surface area contributed by atoms with Gasteiger partial charge in [-0.25, -0.2) is 14.7 Å². The molecule has 2 heterocycles. The van der Waals surface area contributed by atoms with Gasteiger partial charge in [0.1, 0.15) is 6.17 Å². The van der Waals surface area contributed by atoms with Crippen LogP contribution >= 0.6 is 11.3 Å². The van der Waals surface area contributed by atoms with Crippen molar-refractivity contribution in [1.82, 2.24) is 9.88 Å². The molecule has 4 rings (SSSR count). The number of rotatable bonds is 4. The molecule has 5 nitrogen and oxygen atoms in total. The van der Waals surface area contributed by atoms with Gasteiger partial charge in [0.25, 0.3) is 0 Å². The van der Waals surface area contributed by atoms with Crippen molar-refractivity contribution in [3.8, 4) is 0 Å². The van der Waals surface area contributed by atoms with Gasteiger partial charge in [0.05, 0.1) is 16.8 Å². The smallest absolute Gasteiger partial charge is 0.327 e. The third-order valence-electron chi connectivity index (χ3n) is 4.50. The molecule has 1 saturated heterocycles. The number of hydrogen-bond acceptors (Lipinski definition) is 4. The van der Waals surface area contributed by atoms with Crippen LogP contribution in [0.5, 0.6) is 0 Å². The highest BCUT2D eigenvalue weighted by Crippen LogP contribution is 2.33. The summed E-state index contributed by atoms with van der Waals surface area (Å²) in [6.07, 6.45) is 0.812. The predicted molar refractivity (Wildman–Crippen MR) is 103 cm³/mol. The maximum absolute atomic E-state index is 12.7. The minimum atomic E-state index is -0.134. The minimum absolute atomic E-state index is 0.0227. The number of urea groups is 1. The number of likely N-dealkylation sites (N-methyl/N-ethyl adjacent to an activating group) is 1. The quantitative estimate of drug-likeness (QED) is 0.767. The maximum Gasteiger partial charge on any atom is 0.327 e. The average Bonchev–Trinajstić information content (AvgIpc) is 3.16. The molecule has 1 N–H and O–H groups in total. The zero-order chi connectivity index (χ0) is 17.4. The summed E-state index contributed by atoms with van der Waals surface area (Å²) in [5.74, 6) is 0. The first-order valence-electron chi connectivity index (χ1n) is 8.41. The highest BCUT2D eigenvalue weighted by Gasteiger charge is 2.38. The molecule has 6 heteroatoms. The van der Waals surface area contributed by atoms with Gasteiger partial charge in [-0.2, -0.15) is 0 Å². The second kappa shape index (κ2) is 6.37. The number of fused-ring (bicyclic) bond motifs is 1. The fourth-order valence-corrected chi connectivity index (χ4v) is 4.18. The molecular formula is C19H20N4OS. The Balaban J connectivity index is 1.69. The maximum atomic E-state index is 12.7. The lowest BCUT2D eigenvalue weighted by molar-refractivity contribution is 0.229. The molecule has 1 aliphatic heterocycles. The molecule has 0 radical (unpaired) electrons. The first-order chi connectivity index (χ1) is 12.2. The number of carbonyl (C=O) groups is 1. The van der Waals surface area contributed by atoms with Gasteiger partial charge in [-0.3, -0.25) is 0 Å². The predicted octanol–water partition coefficient (Wildman–Crippen LogP) is 4.17. The van der Waals surface area contributed by atoms with Crippen LogP contribution in [0.15, 0.2) is 48.5 Å². The van der Waals surface area contributed by atoms with Gasteiger partial charge in [0.15, 0.2) is 5.13 Å². The molecule has 3 aromatic rings. The number of nitrogens with zero attached hydrogens (tertiary/aromatic N) is 3. The second-order valence-corrected chi connectivity index (χ2v) is 7.18. The van der Waals surface area contributed by atoms with Gasteiger partial charge in [0, 0.05) is 12.7 Å². The van der Waals surface area contributed by atoms with E-state index < -0.39 is 0 Å². The summed E-state index contributed by atoms with van der Waals surface area (Å²) in [4.78, 5) is 20.9. The normalized spacial score (nSPS) is 17.5. The van der Waals surface area contributed by atoms with E-state index in [1.165, 1.54) is 5.56 Å². The van der Waals surface area contributed by atoms with Gasteiger partial charge in [-0.15, -0.1) is 0 Å². The van der Waals surface area contributed by atoms with E-state index in [0.29, 0.717) is 6.54 Å². The summed E-state index contributed by atoms with van der Waals surface area (Å²) in [7, 11) is 1.83. The van der Waals surface area contributed by atoms with E-state index in [2.05, 4.69) is 29.4 Å². The fourth-order valence-electron chi connectivity index (χ4n) is 3.17. The van der Waals surface area contributed by atoms with Crippen LogP contribution in [-0.4, -0.2) is 35.7 Å². The third kappa shape index (κ3) is 2.82. The van der Waals surface area contributed by atoms with Crippen molar-refractivity contribution in [1.29, 1.82) is 0 Å². The summed E-state index contributed by atoms with van der Waals surface area (Å²) in [5, 5.41) is 4.28.